The van der Waals surface area contributed by atoms with Crippen LogP contribution in [0.25, 0.3) is 0 Å². The van der Waals surface area contributed by atoms with Crippen molar-refractivity contribution in [1.29, 1.82) is 0 Å². The lowest BCUT2D eigenvalue weighted by molar-refractivity contribution is 0.102. The van der Waals surface area contributed by atoms with Gasteiger partial charge in [-0.3, -0.25) is 4.79 Å². The van der Waals surface area contributed by atoms with E-state index in [9.17, 15) is 13.2 Å². The highest BCUT2D eigenvalue weighted by molar-refractivity contribution is 7.89. The van der Waals surface area contributed by atoms with Crippen molar-refractivity contribution in [3.8, 4) is 0 Å². The maximum Gasteiger partial charge on any atom is 0.256 e. The highest BCUT2D eigenvalue weighted by atomic mass is 32.2. The summed E-state index contributed by atoms with van der Waals surface area (Å²) in [6.45, 7) is 6.14. The number of amides is 1. The van der Waals surface area contributed by atoms with Crippen LogP contribution in [0.15, 0.2) is 65.7 Å². The van der Waals surface area contributed by atoms with E-state index in [0.717, 1.165) is 12.0 Å². The van der Waals surface area contributed by atoms with Crippen LogP contribution in [-0.4, -0.2) is 30.1 Å². The molecule has 8 heteroatoms. The van der Waals surface area contributed by atoms with Gasteiger partial charge < -0.3 is 5.32 Å². The van der Waals surface area contributed by atoms with Gasteiger partial charge in [-0.2, -0.15) is 5.10 Å². The van der Waals surface area contributed by atoms with E-state index in [4.69, 9.17) is 0 Å². The summed E-state index contributed by atoms with van der Waals surface area (Å²) in [5, 5.41) is 7.13. The molecule has 0 aliphatic rings. The van der Waals surface area contributed by atoms with Crippen molar-refractivity contribution in [1.82, 2.24) is 14.5 Å². The third kappa shape index (κ3) is 5.34. The molecule has 1 amide bonds. The predicted molar refractivity (Wildman–Crippen MR) is 117 cm³/mol. The summed E-state index contributed by atoms with van der Waals surface area (Å²) in [7, 11) is -3.59. The Labute approximate surface area is 177 Å². The first kappa shape index (κ1) is 21.7. The molecule has 30 heavy (non-hydrogen) atoms. The smallest absolute Gasteiger partial charge is 0.256 e. The van der Waals surface area contributed by atoms with E-state index in [0.29, 0.717) is 17.9 Å². The van der Waals surface area contributed by atoms with Gasteiger partial charge in [0.1, 0.15) is 5.82 Å². The van der Waals surface area contributed by atoms with Gasteiger partial charge >= 0.3 is 0 Å². The van der Waals surface area contributed by atoms with Crippen LogP contribution in [0.1, 0.15) is 42.3 Å². The molecule has 0 spiro atoms. The molecule has 7 nitrogen and oxygen atoms in total. The zero-order valence-electron chi connectivity index (χ0n) is 17.3. The van der Waals surface area contributed by atoms with Crippen LogP contribution >= 0.6 is 0 Å². The van der Waals surface area contributed by atoms with Crippen molar-refractivity contribution < 1.29 is 13.2 Å². The summed E-state index contributed by atoms with van der Waals surface area (Å²) in [6, 6.07) is 15.6. The van der Waals surface area contributed by atoms with Crippen LogP contribution < -0.4 is 10.0 Å². The summed E-state index contributed by atoms with van der Waals surface area (Å²) >= 11 is 0. The summed E-state index contributed by atoms with van der Waals surface area (Å²) in [5.74, 6) is 0.233. The second-order valence-electron chi connectivity index (χ2n) is 7.30. The molecule has 0 fully saturated rings. The molecule has 0 saturated carbocycles. The number of anilines is 1. The van der Waals surface area contributed by atoms with E-state index in [1.165, 1.54) is 29.8 Å². The fourth-order valence-electron chi connectivity index (χ4n) is 2.97. The van der Waals surface area contributed by atoms with E-state index in [-0.39, 0.29) is 16.8 Å². The maximum absolute atomic E-state index is 12.6. The third-order valence-electron chi connectivity index (χ3n) is 4.54. The number of hydrogen-bond acceptors (Lipinski definition) is 4. The lowest BCUT2D eigenvalue weighted by atomic mass is 10.1. The third-order valence-corrected chi connectivity index (χ3v) is 6.21. The van der Waals surface area contributed by atoms with Crippen molar-refractivity contribution >= 4 is 21.7 Å². The Morgan fingerprint density at radius 2 is 1.63 bits per heavy atom. The molecule has 2 aromatic carbocycles. The molecular formula is C22H26N4O3S. The fraction of sp³-hybridized carbons (Fsp3) is 0.273. The Kier molecular flexibility index (Phi) is 6.69. The lowest BCUT2D eigenvalue weighted by Gasteiger charge is -2.11. The van der Waals surface area contributed by atoms with Crippen LogP contribution in [0.2, 0.25) is 0 Å². The summed E-state index contributed by atoms with van der Waals surface area (Å²) in [6.07, 6.45) is 2.61. The van der Waals surface area contributed by atoms with Crippen molar-refractivity contribution in [3.63, 3.8) is 0 Å². The Morgan fingerprint density at radius 1 is 1.00 bits per heavy atom. The quantitative estimate of drug-likeness (QED) is 0.577. The monoisotopic (exact) mass is 426 g/mol. The van der Waals surface area contributed by atoms with Gasteiger partial charge in [0.05, 0.1) is 17.6 Å². The second kappa shape index (κ2) is 9.23. The zero-order chi connectivity index (χ0) is 21.7. The zero-order valence-corrected chi connectivity index (χ0v) is 18.1. The number of benzene rings is 2. The first-order chi connectivity index (χ1) is 14.3. The van der Waals surface area contributed by atoms with Gasteiger partial charge in [0.2, 0.25) is 10.0 Å². The average molecular weight is 427 g/mol. The van der Waals surface area contributed by atoms with Gasteiger partial charge in [-0.05, 0) is 55.7 Å². The molecule has 3 rings (SSSR count). The Morgan fingerprint density at radius 3 is 2.23 bits per heavy atom. The van der Waals surface area contributed by atoms with E-state index in [1.54, 1.807) is 30.8 Å². The van der Waals surface area contributed by atoms with Crippen LogP contribution in [0.4, 0.5) is 5.82 Å². The molecule has 0 aliphatic carbocycles. The molecule has 0 unspecified atom stereocenters. The van der Waals surface area contributed by atoms with Crippen LogP contribution in [0, 0.1) is 0 Å². The van der Waals surface area contributed by atoms with Crippen molar-refractivity contribution in [3.05, 3.63) is 77.5 Å². The Balaban J connectivity index is 1.70. The molecule has 0 saturated heterocycles. The van der Waals surface area contributed by atoms with E-state index < -0.39 is 10.0 Å². The predicted octanol–water partition coefficient (Wildman–Crippen LogP) is 3.43. The molecule has 158 valence electrons. The lowest BCUT2D eigenvalue weighted by Crippen LogP contribution is -2.30. The molecule has 0 aliphatic heterocycles. The maximum atomic E-state index is 12.6. The van der Waals surface area contributed by atoms with Gasteiger partial charge in [0.25, 0.3) is 5.91 Å². The number of carbonyl (C=O) groups excluding carboxylic acids is 1. The largest absolute Gasteiger partial charge is 0.307 e. The topological polar surface area (TPSA) is 93.1 Å². The average Bonchev–Trinajstić information content (AvgIpc) is 3.14. The van der Waals surface area contributed by atoms with Crippen molar-refractivity contribution in [2.75, 3.05) is 5.32 Å². The minimum Gasteiger partial charge on any atom is -0.307 e. The van der Waals surface area contributed by atoms with E-state index in [2.05, 4.69) is 46.3 Å². The standard InChI is InChI=1S/C22H26N4O3S/c1-4-17-5-7-18(8-6-17)15-26-21(13-14-23-26)24-22(27)19-9-11-20(12-10-19)30(28,29)25-16(2)3/h5-14,16,25H,4,15H2,1-3H3,(H,24,27). The van der Waals surface area contributed by atoms with Gasteiger partial charge in [-0.1, -0.05) is 31.2 Å². The van der Waals surface area contributed by atoms with Crippen LogP contribution in [-0.2, 0) is 23.0 Å². The molecular weight excluding hydrogens is 400 g/mol. The highest BCUT2D eigenvalue weighted by Gasteiger charge is 2.16. The van der Waals surface area contributed by atoms with Gasteiger partial charge in [0, 0.05) is 17.7 Å². The number of sulfonamides is 1. The Bertz CT molecular complexity index is 1100. The minimum absolute atomic E-state index is 0.119. The molecule has 0 atom stereocenters. The molecule has 2 N–H and O–H groups in total. The number of aryl methyl sites for hydroxylation is 1. The van der Waals surface area contributed by atoms with Crippen molar-refractivity contribution in [2.45, 2.75) is 44.7 Å². The molecule has 3 aromatic rings. The fourth-order valence-corrected chi connectivity index (χ4v) is 4.22. The number of carbonyl (C=O) groups is 1. The second-order valence-corrected chi connectivity index (χ2v) is 9.01. The first-order valence-electron chi connectivity index (χ1n) is 9.82. The first-order valence-corrected chi connectivity index (χ1v) is 11.3. The van der Waals surface area contributed by atoms with Gasteiger partial charge in [-0.25, -0.2) is 17.8 Å². The van der Waals surface area contributed by atoms with E-state index in [1.807, 2.05) is 0 Å². The molecule has 1 heterocycles. The Hall–Kier alpha value is -2.97. The summed E-state index contributed by atoms with van der Waals surface area (Å²) < 4.78 is 28.7. The normalized spacial score (nSPS) is 11.6. The number of hydrogen-bond donors (Lipinski definition) is 2. The molecule has 0 bridgehead atoms. The minimum atomic E-state index is -3.59. The number of nitrogens with one attached hydrogen (secondary N) is 2. The van der Waals surface area contributed by atoms with E-state index >= 15 is 0 Å². The number of nitrogens with zero attached hydrogens (tertiary/aromatic N) is 2. The number of rotatable bonds is 8. The molecule has 1 aromatic heterocycles. The molecule has 0 radical (unpaired) electrons. The highest BCUT2D eigenvalue weighted by Crippen LogP contribution is 2.15. The van der Waals surface area contributed by atoms with Gasteiger partial charge in [-0.15, -0.1) is 0 Å². The van der Waals surface area contributed by atoms with Gasteiger partial charge in [0.15, 0.2) is 0 Å². The number of aromatic nitrogens is 2. The summed E-state index contributed by atoms with van der Waals surface area (Å²) in [5.41, 5.74) is 2.71. The SMILES string of the molecule is CCc1ccc(Cn2nccc2NC(=O)c2ccc(S(=O)(=O)NC(C)C)cc2)cc1. The van der Waals surface area contributed by atoms with Crippen LogP contribution in [0.5, 0.6) is 0 Å². The summed E-state index contributed by atoms with van der Waals surface area (Å²) in [4.78, 5) is 12.7. The van der Waals surface area contributed by atoms with Crippen molar-refractivity contribution in [2.24, 2.45) is 0 Å². The van der Waals surface area contributed by atoms with Crippen LogP contribution in [0.3, 0.4) is 0 Å².